The first-order valence-corrected chi connectivity index (χ1v) is 11.5. The molecule has 33 heavy (non-hydrogen) atoms. The molecule has 2 aromatic heterocycles. The third-order valence-corrected chi connectivity index (χ3v) is 6.44. The van der Waals surface area contributed by atoms with E-state index >= 15 is 0 Å². The van der Waals surface area contributed by atoms with Gasteiger partial charge in [-0.3, -0.25) is 4.79 Å². The number of benzene rings is 2. The SMILES string of the molecule is Cc1nnc(N2CCC[C@H](C(=O)Nc3ccc(Cl)cc3)C2)c2nn(-c3ccccc3)c(C)c12. The van der Waals surface area contributed by atoms with Crippen molar-refractivity contribution in [2.45, 2.75) is 26.7 Å². The summed E-state index contributed by atoms with van der Waals surface area (Å²) in [6, 6.07) is 17.2. The number of anilines is 2. The van der Waals surface area contributed by atoms with Crippen molar-refractivity contribution in [3.05, 3.63) is 71.0 Å². The molecule has 168 valence electrons. The summed E-state index contributed by atoms with van der Waals surface area (Å²) in [6.07, 6.45) is 1.73. The molecule has 7 nitrogen and oxygen atoms in total. The zero-order chi connectivity index (χ0) is 22.9. The maximum Gasteiger partial charge on any atom is 0.229 e. The molecule has 1 aliphatic heterocycles. The summed E-state index contributed by atoms with van der Waals surface area (Å²) in [5.41, 5.74) is 4.44. The van der Waals surface area contributed by atoms with Crippen LogP contribution in [0.25, 0.3) is 16.6 Å². The van der Waals surface area contributed by atoms with E-state index in [4.69, 9.17) is 16.7 Å². The normalized spacial score (nSPS) is 16.2. The van der Waals surface area contributed by atoms with Crippen LogP contribution in [0, 0.1) is 19.8 Å². The molecule has 8 heteroatoms. The molecule has 1 saturated heterocycles. The van der Waals surface area contributed by atoms with Crippen LogP contribution >= 0.6 is 11.6 Å². The number of rotatable bonds is 4. The van der Waals surface area contributed by atoms with Crippen LogP contribution in [-0.4, -0.2) is 39.0 Å². The second-order valence-corrected chi connectivity index (χ2v) is 8.88. The summed E-state index contributed by atoms with van der Waals surface area (Å²) in [6.45, 7) is 5.40. The Hall–Kier alpha value is -3.45. The highest BCUT2D eigenvalue weighted by Crippen LogP contribution is 2.31. The van der Waals surface area contributed by atoms with Crippen molar-refractivity contribution in [2.24, 2.45) is 5.92 Å². The zero-order valence-electron chi connectivity index (χ0n) is 18.6. The van der Waals surface area contributed by atoms with E-state index in [1.54, 1.807) is 12.1 Å². The largest absolute Gasteiger partial charge is 0.352 e. The number of carbonyl (C=O) groups is 1. The molecular formula is C25H25ClN6O. The second-order valence-electron chi connectivity index (χ2n) is 8.45. The predicted molar refractivity (Wildman–Crippen MR) is 131 cm³/mol. The number of nitrogens with zero attached hydrogens (tertiary/aromatic N) is 5. The Balaban J connectivity index is 1.44. The summed E-state index contributed by atoms with van der Waals surface area (Å²) in [7, 11) is 0. The van der Waals surface area contributed by atoms with Crippen LogP contribution in [0.3, 0.4) is 0 Å². The molecule has 1 amide bonds. The minimum atomic E-state index is -0.148. The summed E-state index contributed by atoms with van der Waals surface area (Å²) < 4.78 is 1.94. The Morgan fingerprint density at radius 3 is 2.58 bits per heavy atom. The van der Waals surface area contributed by atoms with Crippen molar-refractivity contribution >= 4 is 39.9 Å². The van der Waals surface area contributed by atoms with Gasteiger partial charge < -0.3 is 10.2 Å². The molecule has 2 aromatic carbocycles. The molecule has 0 spiro atoms. The van der Waals surface area contributed by atoms with Gasteiger partial charge in [0.1, 0.15) is 5.52 Å². The van der Waals surface area contributed by atoms with Gasteiger partial charge in [-0.2, -0.15) is 10.2 Å². The molecular weight excluding hydrogens is 436 g/mol. The fourth-order valence-electron chi connectivity index (χ4n) is 4.51. The van der Waals surface area contributed by atoms with E-state index in [2.05, 4.69) is 27.3 Å². The Morgan fingerprint density at radius 2 is 1.82 bits per heavy atom. The van der Waals surface area contributed by atoms with E-state index in [0.29, 0.717) is 11.6 Å². The molecule has 0 saturated carbocycles. The lowest BCUT2D eigenvalue weighted by molar-refractivity contribution is -0.120. The minimum Gasteiger partial charge on any atom is -0.352 e. The van der Waals surface area contributed by atoms with Crippen molar-refractivity contribution in [3.63, 3.8) is 0 Å². The summed E-state index contributed by atoms with van der Waals surface area (Å²) in [4.78, 5) is 15.1. The third kappa shape index (κ3) is 4.16. The molecule has 1 aliphatic rings. The van der Waals surface area contributed by atoms with Gasteiger partial charge in [0.25, 0.3) is 0 Å². The maximum absolute atomic E-state index is 13.0. The zero-order valence-corrected chi connectivity index (χ0v) is 19.4. The molecule has 0 aliphatic carbocycles. The van der Waals surface area contributed by atoms with Crippen LogP contribution in [0.15, 0.2) is 54.6 Å². The van der Waals surface area contributed by atoms with Crippen molar-refractivity contribution < 1.29 is 4.79 Å². The van der Waals surface area contributed by atoms with Crippen LogP contribution in [0.2, 0.25) is 5.02 Å². The van der Waals surface area contributed by atoms with Gasteiger partial charge in [0.2, 0.25) is 5.91 Å². The van der Waals surface area contributed by atoms with Gasteiger partial charge in [0.05, 0.1) is 28.4 Å². The number of piperidine rings is 1. The lowest BCUT2D eigenvalue weighted by Crippen LogP contribution is -2.41. The molecule has 0 radical (unpaired) electrons. The fourth-order valence-corrected chi connectivity index (χ4v) is 4.63. The van der Waals surface area contributed by atoms with E-state index in [-0.39, 0.29) is 11.8 Å². The van der Waals surface area contributed by atoms with Crippen LogP contribution < -0.4 is 10.2 Å². The number of hydrogen-bond donors (Lipinski definition) is 1. The highest BCUT2D eigenvalue weighted by molar-refractivity contribution is 6.30. The van der Waals surface area contributed by atoms with Crippen LogP contribution in [0.1, 0.15) is 24.2 Å². The number of aryl methyl sites for hydroxylation is 2. The average Bonchev–Trinajstić information content (AvgIpc) is 3.19. The van der Waals surface area contributed by atoms with E-state index in [1.165, 1.54) is 0 Å². The standard InChI is InChI=1S/C25H25ClN6O/c1-16-22-17(2)32(21-8-4-3-5-9-21)30-23(22)24(29-28-16)31-14-6-7-18(15-31)25(33)27-20-12-10-19(26)11-13-20/h3-5,8-13,18H,6-7,14-15H2,1-2H3,(H,27,33)/t18-/m0/s1. The number of halogens is 1. The molecule has 0 bridgehead atoms. The number of hydrogen-bond acceptors (Lipinski definition) is 5. The third-order valence-electron chi connectivity index (χ3n) is 6.19. The first-order chi connectivity index (χ1) is 16.0. The molecule has 1 N–H and O–H groups in total. The number of nitrogens with one attached hydrogen (secondary N) is 1. The molecule has 1 fully saturated rings. The average molecular weight is 461 g/mol. The Morgan fingerprint density at radius 1 is 1.06 bits per heavy atom. The minimum absolute atomic E-state index is 0.00401. The van der Waals surface area contributed by atoms with Gasteiger partial charge in [-0.1, -0.05) is 29.8 Å². The van der Waals surface area contributed by atoms with Gasteiger partial charge in [0, 0.05) is 23.8 Å². The van der Waals surface area contributed by atoms with Gasteiger partial charge in [-0.15, -0.1) is 5.10 Å². The van der Waals surface area contributed by atoms with Crippen LogP contribution in [0.4, 0.5) is 11.5 Å². The molecule has 0 unspecified atom stereocenters. The molecule has 5 rings (SSSR count). The highest BCUT2D eigenvalue weighted by atomic mass is 35.5. The number of carbonyl (C=O) groups excluding carboxylic acids is 1. The monoisotopic (exact) mass is 460 g/mol. The Labute approximate surface area is 197 Å². The topological polar surface area (TPSA) is 75.9 Å². The van der Waals surface area contributed by atoms with Crippen molar-refractivity contribution in [1.29, 1.82) is 0 Å². The lowest BCUT2D eigenvalue weighted by atomic mass is 9.97. The fraction of sp³-hybridized carbons (Fsp3) is 0.280. The number of amides is 1. The first-order valence-electron chi connectivity index (χ1n) is 11.1. The van der Waals surface area contributed by atoms with E-state index < -0.39 is 0 Å². The number of para-hydroxylation sites is 1. The van der Waals surface area contributed by atoms with Gasteiger partial charge in [-0.05, 0) is 63.1 Å². The molecule has 1 atom stereocenters. The van der Waals surface area contributed by atoms with Gasteiger partial charge in [-0.25, -0.2) is 4.68 Å². The predicted octanol–water partition coefficient (Wildman–Crippen LogP) is 4.94. The van der Waals surface area contributed by atoms with Crippen LogP contribution in [-0.2, 0) is 4.79 Å². The molecule has 3 heterocycles. The smallest absolute Gasteiger partial charge is 0.229 e. The second kappa shape index (κ2) is 8.83. The van der Waals surface area contributed by atoms with E-state index in [1.807, 2.05) is 54.1 Å². The number of fused-ring (bicyclic) bond motifs is 1. The Kier molecular flexibility index (Phi) is 5.72. The van der Waals surface area contributed by atoms with Crippen molar-refractivity contribution in [2.75, 3.05) is 23.3 Å². The first kappa shape index (κ1) is 21.4. The van der Waals surface area contributed by atoms with Gasteiger partial charge in [0.15, 0.2) is 5.82 Å². The molecule has 4 aromatic rings. The van der Waals surface area contributed by atoms with Crippen LogP contribution in [0.5, 0.6) is 0 Å². The maximum atomic E-state index is 13.0. The summed E-state index contributed by atoms with van der Waals surface area (Å²) >= 11 is 5.95. The quantitative estimate of drug-likeness (QED) is 0.466. The highest BCUT2D eigenvalue weighted by Gasteiger charge is 2.29. The van der Waals surface area contributed by atoms with Gasteiger partial charge >= 0.3 is 0 Å². The summed E-state index contributed by atoms with van der Waals surface area (Å²) in [5, 5.41) is 18.5. The lowest BCUT2D eigenvalue weighted by Gasteiger charge is -2.32. The Bertz CT molecular complexity index is 1300. The van der Waals surface area contributed by atoms with Crippen molar-refractivity contribution in [3.8, 4) is 5.69 Å². The van der Waals surface area contributed by atoms with Crippen molar-refractivity contribution in [1.82, 2.24) is 20.0 Å². The van der Waals surface area contributed by atoms with E-state index in [9.17, 15) is 4.79 Å². The summed E-state index contributed by atoms with van der Waals surface area (Å²) in [5.74, 6) is 0.589. The number of aromatic nitrogens is 4. The van der Waals surface area contributed by atoms with E-state index in [0.717, 1.165) is 58.9 Å².